The number of aromatic hydroxyl groups is 1. The predicted octanol–water partition coefficient (Wildman–Crippen LogP) is 4.28. The van der Waals surface area contributed by atoms with Gasteiger partial charge in [0.25, 0.3) is 0 Å². The average Bonchev–Trinajstić information content (AvgIpc) is 2.93. The number of nitrogens with one attached hydrogen (secondary N) is 1. The fourth-order valence-electron chi connectivity index (χ4n) is 2.31. The highest BCUT2D eigenvalue weighted by Crippen LogP contribution is 2.26. The summed E-state index contributed by atoms with van der Waals surface area (Å²) in [5, 5.41) is 12.8. The molecule has 112 valence electrons. The van der Waals surface area contributed by atoms with Crippen LogP contribution in [0.25, 0.3) is 11.5 Å². The van der Waals surface area contributed by atoms with Gasteiger partial charge >= 0.3 is 0 Å². The van der Waals surface area contributed by atoms with Crippen molar-refractivity contribution in [3.63, 3.8) is 0 Å². The molecule has 0 radical (unpaired) electrons. The van der Waals surface area contributed by atoms with Crippen LogP contribution in [0.2, 0.25) is 0 Å². The van der Waals surface area contributed by atoms with Crippen molar-refractivity contribution in [3.05, 3.63) is 65.5 Å². The maximum Gasteiger partial charge on any atom is 0.226 e. The Balaban J connectivity index is 1.80. The molecule has 4 heteroatoms. The molecule has 0 saturated carbocycles. The van der Waals surface area contributed by atoms with Crippen molar-refractivity contribution in [3.8, 4) is 17.2 Å². The molecule has 2 aromatic carbocycles. The molecule has 0 fully saturated rings. The summed E-state index contributed by atoms with van der Waals surface area (Å²) in [4.78, 5) is 4.39. The largest absolute Gasteiger partial charge is 0.508 e. The zero-order valence-electron chi connectivity index (χ0n) is 12.6. The Morgan fingerprint density at radius 1 is 1.14 bits per heavy atom. The van der Waals surface area contributed by atoms with Crippen molar-refractivity contribution < 1.29 is 9.52 Å². The molecule has 1 aromatic heterocycles. The number of anilines is 1. The van der Waals surface area contributed by atoms with Crippen LogP contribution in [0.3, 0.4) is 0 Å². The maximum atomic E-state index is 9.49. The molecule has 0 bridgehead atoms. The molecule has 0 saturated heterocycles. The molecule has 2 N–H and O–H groups in total. The Morgan fingerprint density at radius 3 is 2.73 bits per heavy atom. The van der Waals surface area contributed by atoms with E-state index in [1.54, 1.807) is 18.4 Å². The van der Waals surface area contributed by atoms with E-state index in [1.807, 2.05) is 44.2 Å². The van der Waals surface area contributed by atoms with Gasteiger partial charge in [-0.15, -0.1) is 0 Å². The minimum Gasteiger partial charge on any atom is -0.508 e. The van der Waals surface area contributed by atoms with Crippen LogP contribution in [-0.2, 0) is 6.54 Å². The van der Waals surface area contributed by atoms with Gasteiger partial charge in [0.15, 0.2) is 0 Å². The molecule has 22 heavy (non-hydrogen) atoms. The summed E-state index contributed by atoms with van der Waals surface area (Å²) in [5.41, 5.74) is 4.97. The van der Waals surface area contributed by atoms with Gasteiger partial charge in [0, 0.05) is 17.8 Å². The maximum absolute atomic E-state index is 9.49. The Hall–Kier alpha value is -2.75. The Labute approximate surface area is 129 Å². The molecule has 0 spiro atoms. The molecule has 0 amide bonds. The lowest BCUT2D eigenvalue weighted by Crippen LogP contribution is -1.99. The number of aromatic nitrogens is 1. The highest BCUT2D eigenvalue weighted by molar-refractivity contribution is 5.65. The van der Waals surface area contributed by atoms with Crippen LogP contribution in [-0.4, -0.2) is 10.1 Å². The number of benzene rings is 2. The third-order valence-corrected chi connectivity index (χ3v) is 3.49. The molecule has 0 aliphatic rings. The summed E-state index contributed by atoms with van der Waals surface area (Å²) in [6.07, 6.45) is 1.65. The topological polar surface area (TPSA) is 58.3 Å². The molecular weight excluding hydrogens is 276 g/mol. The highest BCUT2D eigenvalue weighted by atomic mass is 16.3. The third-order valence-electron chi connectivity index (χ3n) is 3.49. The van der Waals surface area contributed by atoms with Crippen molar-refractivity contribution >= 4 is 5.69 Å². The summed E-state index contributed by atoms with van der Waals surface area (Å²) in [7, 11) is 0. The molecule has 1 heterocycles. The van der Waals surface area contributed by atoms with Gasteiger partial charge in [0.2, 0.25) is 5.89 Å². The Kier molecular flexibility index (Phi) is 3.83. The minimum absolute atomic E-state index is 0.277. The summed E-state index contributed by atoms with van der Waals surface area (Å²) in [6.45, 7) is 4.59. The van der Waals surface area contributed by atoms with Crippen LogP contribution in [0, 0.1) is 13.8 Å². The van der Waals surface area contributed by atoms with E-state index in [-0.39, 0.29) is 5.75 Å². The van der Waals surface area contributed by atoms with Gasteiger partial charge in [-0.25, -0.2) is 4.98 Å². The number of hydrogen-bond acceptors (Lipinski definition) is 4. The van der Waals surface area contributed by atoms with Crippen LogP contribution < -0.4 is 5.32 Å². The van der Waals surface area contributed by atoms with Crippen molar-refractivity contribution in [2.24, 2.45) is 0 Å². The molecule has 0 unspecified atom stereocenters. The summed E-state index contributed by atoms with van der Waals surface area (Å²) < 4.78 is 5.49. The van der Waals surface area contributed by atoms with E-state index in [4.69, 9.17) is 4.42 Å². The molecule has 3 rings (SSSR count). The van der Waals surface area contributed by atoms with E-state index in [0.717, 1.165) is 28.1 Å². The number of oxazole rings is 1. The van der Waals surface area contributed by atoms with Gasteiger partial charge in [-0.3, -0.25) is 0 Å². The van der Waals surface area contributed by atoms with Gasteiger partial charge in [-0.2, -0.15) is 0 Å². The van der Waals surface area contributed by atoms with E-state index < -0.39 is 0 Å². The van der Waals surface area contributed by atoms with Crippen LogP contribution in [0.4, 0.5) is 5.69 Å². The number of hydrogen-bond donors (Lipinski definition) is 2. The van der Waals surface area contributed by atoms with Gasteiger partial charge in [0.05, 0.1) is 5.69 Å². The Morgan fingerprint density at radius 2 is 2.00 bits per heavy atom. The monoisotopic (exact) mass is 294 g/mol. The molecule has 0 aliphatic heterocycles. The number of aryl methyl sites for hydroxylation is 2. The van der Waals surface area contributed by atoms with Crippen molar-refractivity contribution in [2.75, 3.05) is 5.32 Å². The molecule has 0 aliphatic carbocycles. The predicted molar refractivity (Wildman–Crippen MR) is 86.8 cm³/mol. The zero-order chi connectivity index (χ0) is 15.5. The van der Waals surface area contributed by atoms with E-state index in [9.17, 15) is 5.11 Å². The molecule has 4 nitrogen and oxygen atoms in total. The highest BCUT2D eigenvalue weighted by Gasteiger charge is 2.09. The lowest BCUT2D eigenvalue weighted by atomic mass is 10.1. The van der Waals surface area contributed by atoms with Crippen molar-refractivity contribution in [1.29, 1.82) is 0 Å². The van der Waals surface area contributed by atoms with Gasteiger partial charge < -0.3 is 14.8 Å². The molecule has 3 aromatic rings. The second kappa shape index (κ2) is 5.93. The van der Waals surface area contributed by atoms with E-state index in [1.165, 1.54) is 0 Å². The first-order chi connectivity index (χ1) is 10.6. The fourth-order valence-corrected chi connectivity index (χ4v) is 2.31. The van der Waals surface area contributed by atoms with Crippen LogP contribution >= 0.6 is 0 Å². The smallest absolute Gasteiger partial charge is 0.226 e. The van der Waals surface area contributed by atoms with Crippen LogP contribution in [0.1, 0.15) is 16.8 Å². The van der Waals surface area contributed by atoms with Crippen LogP contribution in [0.15, 0.2) is 53.1 Å². The van der Waals surface area contributed by atoms with Gasteiger partial charge in [-0.05, 0) is 49.2 Å². The second-order valence-corrected chi connectivity index (χ2v) is 5.35. The quantitative estimate of drug-likeness (QED) is 0.754. The fraction of sp³-hybridized carbons (Fsp3) is 0.167. The van der Waals surface area contributed by atoms with Gasteiger partial charge in [0.1, 0.15) is 12.0 Å². The van der Waals surface area contributed by atoms with Crippen molar-refractivity contribution in [2.45, 2.75) is 20.4 Å². The summed E-state index contributed by atoms with van der Waals surface area (Å²) >= 11 is 0. The first-order valence-electron chi connectivity index (χ1n) is 7.17. The average molecular weight is 294 g/mol. The van der Waals surface area contributed by atoms with E-state index in [2.05, 4.69) is 10.3 Å². The zero-order valence-corrected chi connectivity index (χ0v) is 12.6. The lowest BCUT2D eigenvalue weighted by molar-refractivity contribution is 0.474. The van der Waals surface area contributed by atoms with Crippen LogP contribution in [0.5, 0.6) is 5.75 Å². The number of nitrogens with zero attached hydrogens (tertiary/aromatic N) is 1. The normalized spacial score (nSPS) is 10.6. The standard InChI is InChI=1S/C18H18N2O2/c1-12-6-7-15(9-17(12)18-20-13(2)11-22-18)19-10-14-4-3-5-16(21)8-14/h3-9,11,19,21H,10H2,1-2H3. The summed E-state index contributed by atoms with van der Waals surface area (Å²) in [5.74, 6) is 0.912. The van der Waals surface area contributed by atoms with Crippen molar-refractivity contribution in [1.82, 2.24) is 4.98 Å². The van der Waals surface area contributed by atoms with E-state index in [0.29, 0.717) is 12.4 Å². The first-order valence-corrected chi connectivity index (χ1v) is 7.17. The number of phenolic OH excluding ortho intramolecular Hbond substituents is 1. The molecular formula is C18H18N2O2. The third kappa shape index (κ3) is 3.11. The Bertz CT molecular complexity index is 793. The lowest BCUT2D eigenvalue weighted by Gasteiger charge is -2.09. The molecule has 0 atom stereocenters. The van der Waals surface area contributed by atoms with E-state index >= 15 is 0 Å². The first kappa shape index (κ1) is 14.2. The number of rotatable bonds is 4. The summed E-state index contributed by atoms with van der Waals surface area (Å²) in [6, 6.07) is 13.3. The SMILES string of the molecule is Cc1coc(-c2cc(NCc3cccc(O)c3)ccc2C)n1. The minimum atomic E-state index is 0.277. The van der Waals surface area contributed by atoms with Gasteiger partial charge in [-0.1, -0.05) is 18.2 Å². The number of phenols is 1. The second-order valence-electron chi connectivity index (χ2n) is 5.35.